The highest BCUT2D eigenvalue weighted by Gasteiger charge is 2.29. The van der Waals surface area contributed by atoms with Crippen LogP contribution in [0.2, 0.25) is 0 Å². The lowest BCUT2D eigenvalue weighted by Crippen LogP contribution is -2.15. The number of carbonyl (C=O) groups is 2. The molecule has 0 atom stereocenters. The van der Waals surface area contributed by atoms with Gasteiger partial charge in [-0.2, -0.15) is 0 Å². The van der Waals surface area contributed by atoms with Gasteiger partial charge in [-0.3, -0.25) is 9.59 Å². The summed E-state index contributed by atoms with van der Waals surface area (Å²) in [5.74, 6) is 0.760. The Labute approximate surface area is 142 Å². The van der Waals surface area contributed by atoms with Gasteiger partial charge in [0, 0.05) is 5.92 Å². The zero-order chi connectivity index (χ0) is 17.2. The van der Waals surface area contributed by atoms with E-state index in [4.69, 9.17) is 8.83 Å². The van der Waals surface area contributed by atoms with Crippen LogP contribution in [0, 0.1) is 5.92 Å². The number of rotatable bonds is 5. The Kier molecular flexibility index (Phi) is 3.77. The summed E-state index contributed by atoms with van der Waals surface area (Å²) in [7, 11) is 0. The van der Waals surface area contributed by atoms with Crippen molar-refractivity contribution in [3.63, 3.8) is 0 Å². The van der Waals surface area contributed by atoms with Crippen LogP contribution < -0.4 is 10.6 Å². The fourth-order valence-corrected chi connectivity index (χ4v) is 2.30. The van der Waals surface area contributed by atoms with Gasteiger partial charge in [-0.05, 0) is 37.1 Å². The molecule has 0 aromatic carbocycles. The van der Waals surface area contributed by atoms with Crippen molar-refractivity contribution in [1.82, 2.24) is 9.97 Å². The van der Waals surface area contributed by atoms with Gasteiger partial charge in [0.1, 0.15) is 5.82 Å². The topological polar surface area (TPSA) is 110 Å². The molecule has 2 N–H and O–H groups in total. The molecule has 1 saturated carbocycles. The van der Waals surface area contributed by atoms with Crippen molar-refractivity contribution in [2.24, 2.45) is 5.92 Å². The van der Waals surface area contributed by atoms with E-state index in [1.54, 1.807) is 24.3 Å². The Morgan fingerprint density at radius 2 is 1.96 bits per heavy atom. The quantitative estimate of drug-likeness (QED) is 0.740. The van der Waals surface area contributed by atoms with Gasteiger partial charge in [0.05, 0.1) is 18.1 Å². The second-order valence-electron chi connectivity index (χ2n) is 5.66. The number of oxazole rings is 1. The van der Waals surface area contributed by atoms with Crippen LogP contribution in [0.15, 0.2) is 52.0 Å². The third-order valence-corrected chi connectivity index (χ3v) is 3.75. The van der Waals surface area contributed by atoms with Crippen LogP contribution in [0.4, 0.5) is 11.5 Å². The number of anilines is 2. The van der Waals surface area contributed by atoms with E-state index in [0.717, 1.165) is 12.8 Å². The Bertz CT molecular complexity index is 895. The first kappa shape index (κ1) is 15.1. The summed E-state index contributed by atoms with van der Waals surface area (Å²) in [6.07, 6.45) is 5.98. The molecular weight excluding hydrogens is 324 g/mol. The molecular formula is C17H14N4O4. The van der Waals surface area contributed by atoms with Crippen molar-refractivity contribution < 1.29 is 18.4 Å². The average molecular weight is 338 g/mol. The molecule has 126 valence electrons. The second-order valence-corrected chi connectivity index (χ2v) is 5.66. The largest absolute Gasteiger partial charge is 0.461 e. The summed E-state index contributed by atoms with van der Waals surface area (Å²) < 4.78 is 10.5. The van der Waals surface area contributed by atoms with Crippen LogP contribution in [-0.2, 0) is 4.79 Å². The highest BCUT2D eigenvalue weighted by molar-refractivity contribution is 6.06. The SMILES string of the molecule is O=C(Nc1ccc(NC(=O)C2CC2)nc1)c1ncoc1-c1ccco1. The summed E-state index contributed by atoms with van der Waals surface area (Å²) in [5, 5.41) is 5.42. The summed E-state index contributed by atoms with van der Waals surface area (Å²) in [6, 6.07) is 6.65. The molecule has 2 amide bonds. The van der Waals surface area contributed by atoms with E-state index in [0.29, 0.717) is 17.3 Å². The molecule has 0 unspecified atom stereocenters. The lowest BCUT2D eigenvalue weighted by molar-refractivity contribution is -0.117. The van der Waals surface area contributed by atoms with Gasteiger partial charge in [0.2, 0.25) is 11.7 Å². The van der Waals surface area contributed by atoms with E-state index < -0.39 is 5.91 Å². The normalized spacial score (nSPS) is 13.4. The van der Waals surface area contributed by atoms with E-state index >= 15 is 0 Å². The number of carbonyl (C=O) groups excluding carboxylic acids is 2. The molecule has 4 rings (SSSR count). The first-order valence-electron chi connectivity index (χ1n) is 7.76. The van der Waals surface area contributed by atoms with Gasteiger partial charge in [-0.25, -0.2) is 9.97 Å². The van der Waals surface area contributed by atoms with Crippen LogP contribution in [0.25, 0.3) is 11.5 Å². The van der Waals surface area contributed by atoms with Gasteiger partial charge in [-0.15, -0.1) is 0 Å². The van der Waals surface area contributed by atoms with Crippen molar-refractivity contribution in [1.29, 1.82) is 0 Å². The number of hydrogen-bond donors (Lipinski definition) is 2. The highest BCUT2D eigenvalue weighted by atomic mass is 16.4. The van der Waals surface area contributed by atoms with E-state index in [1.165, 1.54) is 18.9 Å². The van der Waals surface area contributed by atoms with Crippen molar-refractivity contribution in [2.75, 3.05) is 10.6 Å². The zero-order valence-electron chi connectivity index (χ0n) is 13.1. The first-order valence-corrected chi connectivity index (χ1v) is 7.76. The zero-order valence-corrected chi connectivity index (χ0v) is 13.1. The summed E-state index contributed by atoms with van der Waals surface area (Å²) in [4.78, 5) is 32.1. The molecule has 1 aliphatic carbocycles. The number of furan rings is 1. The lowest BCUT2D eigenvalue weighted by atomic mass is 10.2. The molecule has 0 radical (unpaired) electrons. The van der Waals surface area contributed by atoms with Crippen LogP contribution in [0.5, 0.6) is 0 Å². The maximum atomic E-state index is 12.4. The van der Waals surface area contributed by atoms with Crippen molar-refractivity contribution in [3.8, 4) is 11.5 Å². The standard InChI is InChI=1S/C17H14N4O4/c22-16(10-3-4-10)21-13-6-5-11(8-18-13)20-17(23)14-15(25-9-19-14)12-2-1-7-24-12/h1-2,5-10H,3-4H2,(H,20,23)(H,18,21,22). The van der Waals surface area contributed by atoms with Crippen LogP contribution in [0.3, 0.4) is 0 Å². The molecule has 0 aliphatic heterocycles. The van der Waals surface area contributed by atoms with Crippen LogP contribution in [-0.4, -0.2) is 21.8 Å². The third-order valence-electron chi connectivity index (χ3n) is 3.75. The highest BCUT2D eigenvalue weighted by Crippen LogP contribution is 2.30. The molecule has 3 aromatic rings. The Morgan fingerprint density at radius 1 is 1.08 bits per heavy atom. The predicted octanol–water partition coefficient (Wildman–Crippen LogP) is 2.93. The minimum Gasteiger partial charge on any atom is -0.461 e. The molecule has 8 nitrogen and oxygen atoms in total. The minimum atomic E-state index is -0.447. The second kappa shape index (κ2) is 6.23. The van der Waals surface area contributed by atoms with E-state index in [2.05, 4.69) is 20.6 Å². The molecule has 1 aliphatic rings. The number of nitrogens with one attached hydrogen (secondary N) is 2. The summed E-state index contributed by atoms with van der Waals surface area (Å²) in [6.45, 7) is 0. The fraction of sp³-hybridized carbons (Fsp3) is 0.176. The Hall–Kier alpha value is -3.42. The number of pyridine rings is 1. The van der Waals surface area contributed by atoms with Crippen LogP contribution >= 0.6 is 0 Å². The number of amides is 2. The molecule has 0 saturated heterocycles. The molecule has 0 spiro atoms. The predicted molar refractivity (Wildman–Crippen MR) is 87.7 cm³/mol. The van der Waals surface area contributed by atoms with E-state index in [1.807, 2.05) is 0 Å². The number of aromatic nitrogens is 2. The van der Waals surface area contributed by atoms with Gasteiger partial charge < -0.3 is 19.5 Å². The van der Waals surface area contributed by atoms with Crippen molar-refractivity contribution >= 4 is 23.3 Å². The van der Waals surface area contributed by atoms with Gasteiger partial charge in [-0.1, -0.05) is 0 Å². The van der Waals surface area contributed by atoms with E-state index in [-0.39, 0.29) is 23.3 Å². The summed E-state index contributed by atoms with van der Waals surface area (Å²) in [5.41, 5.74) is 0.587. The number of hydrogen-bond acceptors (Lipinski definition) is 6. The first-order chi connectivity index (χ1) is 12.2. The van der Waals surface area contributed by atoms with Gasteiger partial charge >= 0.3 is 0 Å². The van der Waals surface area contributed by atoms with Crippen molar-refractivity contribution in [2.45, 2.75) is 12.8 Å². The Balaban J connectivity index is 1.44. The maximum absolute atomic E-state index is 12.4. The Morgan fingerprint density at radius 3 is 2.64 bits per heavy atom. The average Bonchev–Trinajstić information content (AvgIpc) is 3.11. The smallest absolute Gasteiger partial charge is 0.278 e. The molecule has 0 bridgehead atoms. The summed E-state index contributed by atoms with van der Waals surface area (Å²) >= 11 is 0. The number of nitrogens with zero attached hydrogens (tertiary/aromatic N) is 2. The molecule has 25 heavy (non-hydrogen) atoms. The minimum absolute atomic E-state index is 0.0185. The monoisotopic (exact) mass is 338 g/mol. The molecule has 8 heteroatoms. The molecule has 3 heterocycles. The third kappa shape index (κ3) is 3.27. The van der Waals surface area contributed by atoms with E-state index in [9.17, 15) is 9.59 Å². The van der Waals surface area contributed by atoms with Gasteiger partial charge in [0.15, 0.2) is 17.8 Å². The molecule has 3 aromatic heterocycles. The van der Waals surface area contributed by atoms with Crippen LogP contribution in [0.1, 0.15) is 23.3 Å². The maximum Gasteiger partial charge on any atom is 0.278 e. The van der Waals surface area contributed by atoms with Gasteiger partial charge in [0.25, 0.3) is 5.91 Å². The lowest BCUT2D eigenvalue weighted by Gasteiger charge is -2.06. The van der Waals surface area contributed by atoms with Crippen molar-refractivity contribution in [3.05, 3.63) is 48.8 Å². The molecule has 1 fully saturated rings. The fourth-order valence-electron chi connectivity index (χ4n) is 2.30.